The zero-order valence-corrected chi connectivity index (χ0v) is 16.6. The Morgan fingerprint density at radius 1 is 1.10 bits per heavy atom. The van der Waals surface area contributed by atoms with Gasteiger partial charge in [-0.05, 0) is 41.8 Å². The van der Waals surface area contributed by atoms with Crippen molar-refractivity contribution in [3.63, 3.8) is 0 Å². The van der Waals surface area contributed by atoms with Crippen molar-refractivity contribution in [1.29, 1.82) is 0 Å². The summed E-state index contributed by atoms with van der Waals surface area (Å²) < 4.78 is 13.6. The zero-order valence-electron chi connectivity index (χ0n) is 15.8. The van der Waals surface area contributed by atoms with Gasteiger partial charge in [-0.1, -0.05) is 31.5 Å². The van der Waals surface area contributed by atoms with Gasteiger partial charge in [-0.15, -0.1) is 0 Å². The van der Waals surface area contributed by atoms with Crippen molar-refractivity contribution < 1.29 is 4.39 Å². The van der Waals surface area contributed by atoms with Crippen molar-refractivity contribution in [2.45, 2.75) is 19.8 Å². The molecule has 0 radical (unpaired) electrons. The molecule has 0 atom stereocenters. The highest BCUT2D eigenvalue weighted by Crippen LogP contribution is 2.31. The van der Waals surface area contributed by atoms with Gasteiger partial charge >= 0.3 is 0 Å². The van der Waals surface area contributed by atoms with Gasteiger partial charge in [0.2, 0.25) is 0 Å². The van der Waals surface area contributed by atoms with E-state index in [2.05, 4.69) is 20.3 Å². The molecule has 0 amide bonds. The fourth-order valence-electron chi connectivity index (χ4n) is 3.22. The summed E-state index contributed by atoms with van der Waals surface area (Å²) in [5.74, 6) is -0.456. The minimum Gasteiger partial charge on any atom is -0.353 e. The standard InChI is InChI=1S/C22H18ClFN4O/c1-12(2)21-20(27-19-6-8-26-18-5-7-25-11-15(18)19)10-14(22(29)28-21)13-3-4-17(24)16(23)9-13/h3-12H,1-2H3,(H,26,27)(H,28,29). The maximum atomic E-state index is 13.6. The smallest absolute Gasteiger partial charge is 0.256 e. The molecule has 0 aliphatic carbocycles. The maximum absolute atomic E-state index is 13.6. The molecule has 0 spiro atoms. The molecule has 3 aromatic heterocycles. The summed E-state index contributed by atoms with van der Waals surface area (Å²) in [4.78, 5) is 24.2. The Labute approximate surface area is 171 Å². The van der Waals surface area contributed by atoms with Crippen molar-refractivity contribution in [2.24, 2.45) is 0 Å². The molecule has 29 heavy (non-hydrogen) atoms. The number of fused-ring (bicyclic) bond motifs is 1. The molecule has 0 unspecified atom stereocenters. The van der Waals surface area contributed by atoms with Crippen LogP contribution in [0.5, 0.6) is 0 Å². The summed E-state index contributed by atoms with van der Waals surface area (Å²) >= 11 is 5.92. The molecule has 0 bridgehead atoms. The quantitative estimate of drug-likeness (QED) is 0.458. The lowest BCUT2D eigenvalue weighted by Gasteiger charge is -2.17. The molecule has 5 nitrogen and oxygen atoms in total. The highest BCUT2D eigenvalue weighted by atomic mass is 35.5. The van der Waals surface area contributed by atoms with Gasteiger partial charge in [0.1, 0.15) is 5.82 Å². The third kappa shape index (κ3) is 3.71. The minimum atomic E-state index is -0.528. The molecule has 4 aromatic rings. The summed E-state index contributed by atoms with van der Waals surface area (Å²) in [7, 11) is 0. The molecule has 7 heteroatoms. The van der Waals surface area contributed by atoms with Gasteiger partial charge < -0.3 is 10.3 Å². The number of H-pyrrole nitrogens is 1. The number of anilines is 2. The van der Waals surface area contributed by atoms with E-state index in [4.69, 9.17) is 11.6 Å². The molecule has 1 aromatic carbocycles. The Hall–Kier alpha value is -3.25. The fourth-order valence-corrected chi connectivity index (χ4v) is 3.41. The van der Waals surface area contributed by atoms with Crippen LogP contribution >= 0.6 is 11.6 Å². The molecule has 4 rings (SSSR count). The van der Waals surface area contributed by atoms with Crippen LogP contribution in [0.25, 0.3) is 22.0 Å². The van der Waals surface area contributed by atoms with E-state index in [0.717, 1.165) is 28.0 Å². The number of benzene rings is 1. The summed E-state index contributed by atoms with van der Waals surface area (Å²) in [6.07, 6.45) is 5.15. The predicted molar refractivity (Wildman–Crippen MR) is 114 cm³/mol. The van der Waals surface area contributed by atoms with Crippen LogP contribution in [-0.4, -0.2) is 15.0 Å². The fraction of sp³-hybridized carbons (Fsp3) is 0.136. The molecule has 0 saturated carbocycles. The van der Waals surface area contributed by atoms with E-state index in [1.54, 1.807) is 24.7 Å². The Morgan fingerprint density at radius 2 is 1.93 bits per heavy atom. The topological polar surface area (TPSA) is 70.7 Å². The number of nitrogens with zero attached hydrogens (tertiary/aromatic N) is 2. The number of nitrogens with one attached hydrogen (secondary N) is 2. The largest absolute Gasteiger partial charge is 0.353 e. The van der Waals surface area contributed by atoms with Gasteiger partial charge in [0, 0.05) is 35.2 Å². The van der Waals surface area contributed by atoms with Gasteiger partial charge in [-0.25, -0.2) is 4.39 Å². The number of hydrogen-bond acceptors (Lipinski definition) is 4. The summed E-state index contributed by atoms with van der Waals surface area (Å²) in [6, 6.07) is 9.70. The average Bonchev–Trinajstić information content (AvgIpc) is 2.71. The van der Waals surface area contributed by atoms with Crippen molar-refractivity contribution >= 4 is 33.9 Å². The Morgan fingerprint density at radius 3 is 2.69 bits per heavy atom. The maximum Gasteiger partial charge on any atom is 0.256 e. The lowest BCUT2D eigenvalue weighted by Crippen LogP contribution is -2.15. The minimum absolute atomic E-state index is 0.0319. The van der Waals surface area contributed by atoms with Crippen LogP contribution < -0.4 is 10.9 Å². The number of rotatable bonds is 4. The monoisotopic (exact) mass is 408 g/mol. The molecule has 3 heterocycles. The first-order valence-electron chi connectivity index (χ1n) is 9.12. The van der Waals surface area contributed by atoms with E-state index in [9.17, 15) is 9.18 Å². The number of aromatic amines is 1. The third-order valence-electron chi connectivity index (χ3n) is 4.69. The van der Waals surface area contributed by atoms with E-state index in [0.29, 0.717) is 11.1 Å². The molecule has 0 fully saturated rings. The highest BCUT2D eigenvalue weighted by Gasteiger charge is 2.15. The van der Waals surface area contributed by atoms with Gasteiger partial charge in [0.15, 0.2) is 0 Å². The molecule has 2 N–H and O–H groups in total. The molecule has 146 valence electrons. The Bertz CT molecular complexity index is 1260. The van der Waals surface area contributed by atoms with Gasteiger partial charge in [0.25, 0.3) is 5.56 Å². The van der Waals surface area contributed by atoms with Crippen LogP contribution in [0.3, 0.4) is 0 Å². The lowest BCUT2D eigenvalue weighted by atomic mass is 10.0. The molecular formula is C22H18ClFN4O. The van der Waals surface area contributed by atoms with Gasteiger partial charge in [-0.3, -0.25) is 14.8 Å². The van der Waals surface area contributed by atoms with E-state index in [1.807, 2.05) is 26.0 Å². The second-order valence-corrected chi connectivity index (χ2v) is 7.41. The van der Waals surface area contributed by atoms with Crippen molar-refractivity contribution in [3.8, 4) is 11.1 Å². The van der Waals surface area contributed by atoms with Crippen molar-refractivity contribution in [1.82, 2.24) is 15.0 Å². The third-order valence-corrected chi connectivity index (χ3v) is 4.98. The van der Waals surface area contributed by atoms with Crippen molar-refractivity contribution in [3.05, 3.63) is 81.9 Å². The Balaban J connectivity index is 1.87. The van der Waals surface area contributed by atoms with Crippen LogP contribution in [0.15, 0.2) is 59.8 Å². The predicted octanol–water partition coefficient (Wildman–Crippen LogP) is 5.64. The lowest BCUT2D eigenvalue weighted by molar-refractivity contribution is 0.628. The van der Waals surface area contributed by atoms with Crippen LogP contribution in [0.1, 0.15) is 25.5 Å². The van der Waals surface area contributed by atoms with Crippen LogP contribution in [0, 0.1) is 5.82 Å². The second-order valence-electron chi connectivity index (χ2n) is 7.00. The summed E-state index contributed by atoms with van der Waals surface area (Å²) in [5.41, 5.74) is 3.81. The average molecular weight is 409 g/mol. The molecular weight excluding hydrogens is 391 g/mol. The van der Waals surface area contributed by atoms with Gasteiger partial charge in [-0.2, -0.15) is 0 Å². The van der Waals surface area contributed by atoms with Crippen molar-refractivity contribution in [2.75, 3.05) is 5.32 Å². The number of hydrogen-bond donors (Lipinski definition) is 2. The normalized spacial score (nSPS) is 11.2. The first-order chi connectivity index (χ1) is 13.9. The summed E-state index contributed by atoms with van der Waals surface area (Å²) in [5, 5.41) is 4.23. The van der Waals surface area contributed by atoms with Crippen LogP contribution in [0.4, 0.5) is 15.8 Å². The van der Waals surface area contributed by atoms with Crippen LogP contribution in [0.2, 0.25) is 5.02 Å². The Kier molecular flexibility index (Phi) is 5.03. The first kappa shape index (κ1) is 19.1. The summed E-state index contributed by atoms with van der Waals surface area (Å²) in [6.45, 7) is 3.99. The number of aromatic nitrogens is 3. The molecule has 0 aliphatic heterocycles. The molecule has 0 aliphatic rings. The zero-order chi connectivity index (χ0) is 20.5. The highest BCUT2D eigenvalue weighted by molar-refractivity contribution is 6.31. The first-order valence-corrected chi connectivity index (χ1v) is 9.50. The SMILES string of the molecule is CC(C)c1[nH]c(=O)c(-c2ccc(F)c(Cl)c2)cc1Nc1ccnc2ccncc12. The van der Waals surface area contributed by atoms with E-state index in [-0.39, 0.29) is 16.5 Å². The van der Waals surface area contributed by atoms with E-state index in [1.165, 1.54) is 18.2 Å². The van der Waals surface area contributed by atoms with Gasteiger partial charge in [0.05, 0.1) is 21.9 Å². The van der Waals surface area contributed by atoms with E-state index < -0.39 is 5.82 Å². The number of halogens is 2. The molecule has 0 saturated heterocycles. The van der Waals surface area contributed by atoms with Crippen LogP contribution in [-0.2, 0) is 0 Å². The number of pyridine rings is 3. The van der Waals surface area contributed by atoms with E-state index >= 15 is 0 Å². The second kappa shape index (κ2) is 7.64.